The minimum atomic E-state index is -2.50. The molecule has 0 aliphatic carbocycles. The van der Waals surface area contributed by atoms with Gasteiger partial charge in [0.25, 0.3) is 0 Å². The lowest BCUT2D eigenvalue weighted by atomic mass is 10.2. The molecule has 1 aliphatic heterocycles. The number of hydrogen-bond acceptors (Lipinski definition) is 5. The molecule has 0 spiro atoms. The summed E-state index contributed by atoms with van der Waals surface area (Å²) in [5, 5.41) is 0. The molecule has 1 rings (SSSR count). The summed E-state index contributed by atoms with van der Waals surface area (Å²) < 4.78 is 28.6. The second kappa shape index (κ2) is 12.2. The van der Waals surface area contributed by atoms with Gasteiger partial charge in [-0.25, -0.2) is 0 Å². The lowest BCUT2D eigenvalue weighted by Gasteiger charge is -2.28. The summed E-state index contributed by atoms with van der Waals surface area (Å²) in [5.41, 5.74) is 0. The summed E-state index contributed by atoms with van der Waals surface area (Å²) in [4.78, 5) is 0. The SMILES string of the molecule is CCO[Si](CCC=CCC(CC)OCC1CO1)(OCC)OCC. The molecule has 0 aromatic carbocycles. The van der Waals surface area contributed by atoms with Gasteiger partial charge in [0.1, 0.15) is 6.10 Å². The van der Waals surface area contributed by atoms with Gasteiger partial charge in [0.05, 0.1) is 19.3 Å². The third-order valence-electron chi connectivity index (χ3n) is 3.65. The molecule has 0 bridgehead atoms. The van der Waals surface area contributed by atoms with E-state index in [1.54, 1.807) is 0 Å². The topological polar surface area (TPSA) is 49.5 Å². The van der Waals surface area contributed by atoms with Gasteiger partial charge in [0, 0.05) is 25.9 Å². The zero-order valence-corrected chi connectivity index (χ0v) is 16.2. The van der Waals surface area contributed by atoms with Crippen LogP contribution in [-0.4, -0.2) is 54.0 Å². The van der Waals surface area contributed by atoms with E-state index in [0.29, 0.717) is 25.9 Å². The van der Waals surface area contributed by atoms with E-state index in [4.69, 9.17) is 22.8 Å². The summed E-state index contributed by atoms with van der Waals surface area (Å²) in [6.07, 6.45) is 7.88. The standard InChI is InChI=1S/C17H34O5Si/c1-5-16(18-14-17-15-19-17)12-10-9-11-13-23(20-6-2,21-7-3)22-8-4/h9-10,16-17H,5-8,11-15H2,1-4H3. The van der Waals surface area contributed by atoms with Crippen LogP contribution in [0.25, 0.3) is 0 Å². The normalized spacial score (nSPS) is 19.4. The Hall–Kier alpha value is -0.243. The highest BCUT2D eigenvalue weighted by atomic mass is 28.4. The second-order valence-corrected chi connectivity index (χ2v) is 8.28. The second-order valence-electron chi connectivity index (χ2n) is 5.55. The molecule has 0 radical (unpaired) electrons. The molecular weight excluding hydrogens is 312 g/mol. The molecule has 2 atom stereocenters. The first kappa shape index (κ1) is 20.8. The van der Waals surface area contributed by atoms with E-state index in [9.17, 15) is 0 Å². The molecule has 0 aromatic heterocycles. The summed E-state index contributed by atoms with van der Waals surface area (Å²) in [6, 6.07) is 0.826. The third-order valence-corrected chi connectivity index (χ3v) is 6.74. The highest BCUT2D eigenvalue weighted by molar-refractivity contribution is 6.60. The Balaban J connectivity index is 2.31. The molecule has 6 heteroatoms. The maximum absolute atomic E-state index is 5.85. The van der Waals surface area contributed by atoms with Crippen molar-refractivity contribution in [1.29, 1.82) is 0 Å². The quantitative estimate of drug-likeness (QED) is 0.258. The third kappa shape index (κ3) is 8.98. The molecule has 0 saturated carbocycles. The number of hydrogen-bond donors (Lipinski definition) is 0. The van der Waals surface area contributed by atoms with Gasteiger partial charge >= 0.3 is 8.80 Å². The molecule has 1 heterocycles. The van der Waals surface area contributed by atoms with E-state index in [1.165, 1.54) is 0 Å². The molecule has 1 saturated heterocycles. The average Bonchev–Trinajstić information content (AvgIpc) is 3.35. The fraction of sp³-hybridized carbons (Fsp3) is 0.882. The minimum absolute atomic E-state index is 0.281. The van der Waals surface area contributed by atoms with Gasteiger partial charge in [0.2, 0.25) is 0 Å². The summed E-state index contributed by atoms with van der Waals surface area (Å²) in [5.74, 6) is 0. The van der Waals surface area contributed by atoms with Crippen LogP contribution < -0.4 is 0 Å². The molecule has 0 N–H and O–H groups in total. The lowest BCUT2D eigenvalue weighted by molar-refractivity contribution is 0.0423. The fourth-order valence-corrected chi connectivity index (χ4v) is 4.91. The fourth-order valence-electron chi connectivity index (χ4n) is 2.39. The average molecular weight is 347 g/mol. The van der Waals surface area contributed by atoms with Gasteiger partial charge < -0.3 is 22.8 Å². The van der Waals surface area contributed by atoms with Crippen LogP contribution in [0.4, 0.5) is 0 Å². The zero-order chi connectivity index (χ0) is 17.0. The zero-order valence-electron chi connectivity index (χ0n) is 15.2. The van der Waals surface area contributed by atoms with Crippen molar-refractivity contribution in [3.63, 3.8) is 0 Å². The molecule has 0 aromatic rings. The molecule has 23 heavy (non-hydrogen) atoms. The number of epoxide rings is 1. The van der Waals surface area contributed by atoms with E-state index in [1.807, 2.05) is 20.8 Å². The van der Waals surface area contributed by atoms with Gasteiger partial charge in [-0.05, 0) is 40.0 Å². The van der Waals surface area contributed by atoms with Gasteiger partial charge in [-0.15, -0.1) is 0 Å². The highest BCUT2D eigenvalue weighted by Crippen LogP contribution is 2.19. The predicted molar refractivity (Wildman–Crippen MR) is 93.6 cm³/mol. The van der Waals surface area contributed by atoms with Crippen molar-refractivity contribution in [1.82, 2.24) is 0 Å². The van der Waals surface area contributed by atoms with E-state index < -0.39 is 8.80 Å². The van der Waals surface area contributed by atoms with Crippen LogP contribution in [0.1, 0.15) is 47.0 Å². The Morgan fingerprint density at radius 1 is 1.04 bits per heavy atom. The minimum Gasteiger partial charge on any atom is -0.375 e. The van der Waals surface area contributed by atoms with Crippen LogP contribution in [0.2, 0.25) is 6.04 Å². The Bertz CT molecular complexity index is 303. The first-order valence-corrected chi connectivity index (χ1v) is 10.9. The molecule has 0 amide bonds. The number of ether oxygens (including phenoxy) is 2. The van der Waals surface area contributed by atoms with E-state index in [0.717, 1.165) is 38.5 Å². The highest BCUT2D eigenvalue weighted by Gasteiger charge is 2.39. The molecule has 136 valence electrons. The van der Waals surface area contributed by atoms with Gasteiger partial charge in [-0.2, -0.15) is 0 Å². The molecule has 2 unspecified atom stereocenters. The monoisotopic (exact) mass is 346 g/mol. The molecular formula is C17H34O5Si. The van der Waals surface area contributed by atoms with Crippen LogP contribution >= 0.6 is 0 Å². The lowest BCUT2D eigenvalue weighted by Crippen LogP contribution is -2.45. The van der Waals surface area contributed by atoms with Crippen molar-refractivity contribution in [2.75, 3.05) is 33.0 Å². The maximum atomic E-state index is 5.85. The summed E-state index contributed by atoms with van der Waals surface area (Å²) in [6.45, 7) is 11.6. The van der Waals surface area contributed by atoms with Crippen molar-refractivity contribution in [3.05, 3.63) is 12.2 Å². The van der Waals surface area contributed by atoms with Crippen LogP contribution in [0.3, 0.4) is 0 Å². The van der Waals surface area contributed by atoms with E-state index in [-0.39, 0.29) is 6.10 Å². The van der Waals surface area contributed by atoms with Crippen molar-refractivity contribution < 1.29 is 22.8 Å². The predicted octanol–water partition coefficient (Wildman–Crippen LogP) is 3.57. The van der Waals surface area contributed by atoms with Crippen LogP contribution in [0, 0.1) is 0 Å². The van der Waals surface area contributed by atoms with Crippen LogP contribution in [0.15, 0.2) is 12.2 Å². The Morgan fingerprint density at radius 2 is 1.65 bits per heavy atom. The van der Waals surface area contributed by atoms with Gasteiger partial charge in [0.15, 0.2) is 0 Å². The largest absolute Gasteiger partial charge is 0.501 e. The Kier molecular flexibility index (Phi) is 11.0. The van der Waals surface area contributed by atoms with Gasteiger partial charge in [-0.3, -0.25) is 0 Å². The Morgan fingerprint density at radius 3 is 2.13 bits per heavy atom. The molecule has 1 aliphatic rings. The maximum Gasteiger partial charge on any atom is 0.501 e. The molecule has 5 nitrogen and oxygen atoms in total. The van der Waals surface area contributed by atoms with E-state index >= 15 is 0 Å². The first-order chi connectivity index (χ1) is 11.2. The van der Waals surface area contributed by atoms with E-state index in [2.05, 4.69) is 19.1 Å². The van der Waals surface area contributed by atoms with Crippen molar-refractivity contribution in [2.24, 2.45) is 0 Å². The van der Waals surface area contributed by atoms with Crippen molar-refractivity contribution in [2.45, 2.75) is 65.2 Å². The Labute approximate surface area is 142 Å². The van der Waals surface area contributed by atoms with Crippen molar-refractivity contribution >= 4 is 8.80 Å². The van der Waals surface area contributed by atoms with Gasteiger partial charge in [-0.1, -0.05) is 19.1 Å². The number of allylic oxidation sites excluding steroid dienone is 1. The van der Waals surface area contributed by atoms with Crippen molar-refractivity contribution in [3.8, 4) is 0 Å². The first-order valence-electron chi connectivity index (χ1n) is 8.99. The van der Waals surface area contributed by atoms with Crippen LogP contribution in [0.5, 0.6) is 0 Å². The summed E-state index contributed by atoms with van der Waals surface area (Å²) in [7, 11) is -2.50. The molecule has 1 fully saturated rings. The number of rotatable bonds is 15. The van der Waals surface area contributed by atoms with Crippen LogP contribution in [-0.2, 0) is 22.8 Å². The summed E-state index contributed by atoms with van der Waals surface area (Å²) >= 11 is 0. The smallest absolute Gasteiger partial charge is 0.375 e.